The van der Waals surface area contributed by atoms with Gasteiger partial charge in [-0.25, -0.2) is 8.78 Å². The van der Waals surface area contributed by atoms with Crippen LogP contribution in [-0.4, -0.2) is 58.6 Å². The van der Waals surface area contributed by atoms with Crippen molar-refractivity contribution in [2.24, 2.45) is 0 Å². The number of halogens is 2. The number of carbonyl (C=O) groups is 1. The minimum absolute atomic E-state index is 0.00113. The van der Waals surface area contributed by atoms with Crippen LogP contribution in [0.15, 0.2) is 53.1 Å². The van der Waals surface area contributed by atoms with Gasteiger partial charge in [-0.2, -0.15) is 4.98 Å². The summed E-state index contributed by atoms with van der Waals surface area (Å²) in [5.41, 5.74) is 1.17. The minimum Gasteiger partial charge on any atom is -0.337 e. The van der Waals surface area contributed by atoms with E-state index in [1.165, 1.54) is 6.07 Å². The number of hydrogen-bond acceptors (Lipinski definition) is 6. The van der Waals surface area contributed by atoms with Crippen molar-refractivity contribution in [1.29, 1.82) is 0 Å². The summed E-state index contributed by atoms with van der Waals surface area (Å²) in [6.07, 6.45) is 0.276. The summed E-state index contributed by atoms with van der Waals surface area (Å²) >= 11 is 0. The molecule has 0 bridgehead atoms. The van der Waals surface area contributed by atoms with Crippen molar-refractivity contribution in [3.8, 4) is 11.4 Å². The fourth-order valence-electron chi connectivity index (χ4n) is 3.70. The number of nitrogens with one attached hydrogen (secondary N) is 1. The van der Waals surface area contributed by atoms with E-state index >= 15 is 0 Å². The average molecular weight is 441 g/mol. The predicted molar refractivity (Wildman–Crippen MR) is 116 cm³/mol. The van der Waals surface area contributed by atoms with Crippen LogP contribution in [0.25, 0.3) is 11.4 Å². The van der Waals surface area contributed by atoms with Gasteiger partial charge in [-0.15, -0.1) is 0 Å². The maximum Gasteiger partial charge on any atom is 0.244 e. The lowest BCUT2D eigenvalue weighted by Crippen LogP contribution is -2.47. The zero-order chi connectivity index (χ0) is 22.5. The molecule has 4 rings (SSSR count). The van der Waals surface area contributed by atoms with Crippen molar-refractivity contribution >= 4 is 11.6 Å². The highest BCUT2D eigenvalue weighted by molar-refractivity contribution is 5.90. The molecule has 168 valence electrons. The number of nitrogens with zero attached hydrogens (tertiary/aromatic N) is 4. The molecule has 32 heavy (non-hydrogen) atoms. The molecule has 1 aliphatic heterocycles. The van der Waals surface area contributed by atoms with Gasteiger partial charge in [0, 0.05) is 56.5 Å². The summed E-state index contributed by atoms with van der Waals surface area (Å²) < 4.78 is 31.7. The van der Waals surface area contributed by atoms with Crippen LogP contribution in [0.4, 0.5) is 14.5 Å². The van der Waals surface area contributed by atoms with E-state index in [2.05, 4.69) is 25.3 Å². The van der Waals surface area contributed by atoms with Gasteiger partial charge in [-0.05, 0) is 19.1 Å². The van der Waals surface area contributed by atoms with Gasteiger partial charge in [-0.3, -0.25) is 9.69 Å². The molecule has 0 spiro atoms. The molecule has 2 heterocycles. The molecule has 7 nitrogen and oxygen atoms in total. The molecular weight excluding hydrogens is 416 g/mol. The Morgan fingerprint density at radius 1 is 1.09 bits per heavy atom. The van der Waals surface area contributed by atoms with E-state index in [1.54, 1.807) is 0 Å². The van der Waals surface area contributed by atoms with Gasteiger partial charge in [0.2, 0.25) is 17.6 Å². The van der Waals surface area contributed by atoms with E-state index in [0.717, 1.165) is 43.9 Å². The predicted octanol–water partition coefficient (Wildman–Crippen LogP) is 3.72. The lowest BCUT2D eigenvalue weighted by atomic mass is 10.2. The summed E-state index contributed by atoms with van der Waals surface area (Å²) in [4.78, 5) is 21.2. The van der Waals surface area contributed by atoms with E-state index in [4.69, 9.17) is 4.52 Å². The first-order valence-corrected chi connectivity index (χ1v) is 10.6. The number of amides is 1. The van der Waals surface area contributed by atoms with Crippen LogP contribution in [-0.2, 0) is 4.79 Å². The summed E-state index contributed by atoms with van der Waals surface area (Å²) in [5, 5.41) is 6.70. The van der Waals surface area contributed by atoms with Crippen molar-refractivity contribution in [2.75, 3.05) is 38.0 Å². The van der Waals surface area contributed by atoms with Crippen LogP contribution in [0.5, 0.6) is 0 Å². The molecule has 0 aliphatic carbocycles. The van der Waals surface area contributed by atoms with Crippen molar-refractivity contribution < 1.29 is 18.1 Å². The molecule has 2 aromatic carbocycles. The fourth-order valence-corrected chi connectivity index (χ4v) is 3.70. The zero-order valence-corrected chi connectivity index (χ0v) is 17.8. The Kier molecular flexibility index (Phi) is 6.87. The molecule has 1 unspecified atom stereocenters. The first-order chi connectivity index (χ1) is 15.5. The van der Waals surface area contributed by atoms with Gasteiger partial charge >= 0.3 is 0 Å². The van der Waals surface area contributed by atoms with E-state index in [1.807, 2.05) is 37.3 Å². The third-order valence-electron chi connectivity index (χ3n) is 5.64. The molecule has 1 N–H and O–H groups in total. The van der Waals surface area contributed by atoms with Crippen LogP contribution in [0.3, 0.4) is 0 Å². The normalized spacial score (nSPS) is 16.1. The van der Waals surface area contributed by atoms with Crippen molar-refractivity contribution in [1.82, 2.24) is 19.9 Å². The standard InChI is InChI=1S/C23H25F2N5O2/c1-16(23-27-22(28-32-23)17-5-3-2-4-6-17)30-13-11-29(12-14-30)10-9-21(31)26-18-7-8-19(24)20(25)15-18/h2-8,15-16H,9-14H2,1H3,(H,26,31). The molecule has 0 radical (unpaired) electrons. The molecule has 0 saturated carbocycles. The van der Waals surface area contributed by atoms with Gasteiger partial charge < -0.3 is 14.7 Å². The van der Waals surface area contributed by atoms with Gasteiger partial charge in [0.05, 0.1) is 6.04 Å². The Labute approximate surface area is 185 Å². The number of aromatic nitrogens is 2. The number of hydrogen-bond donors (Lipinski definition) is 1. The van der Waals surface area contributed by atoms with Gasteiger partial charge in [0.15, 0.2) is 11.6 Å². The molecule has 9 heteroatoms. The van der Waals surface area contributed by atoms with Crippen molar-refractivity contribution in [3.63, 3.8) is 0 Å². The minimum atomic E-state index is -0.981. The summed E-state index contributed by atoms with van der Waals surface area (Å²) in [6, 6.07) is 13.0. The average Bonchev–Trinajstić information content (AvgIpc) is 3.31. The SMILES string of the molecule is CC(c1nc(-c2ccccc2)no1)N1CCN(CCC(=O)Nc2ccc(F)c(F)c2)CC1. The quantitative estimate of drug-likeness (QED) is 0.602. The Bertz CT molecular complexity index is 1050. The van der Waals surface area contributed by atoms with Crippen LogP contribution in [0, 0.1) is 11.6 Å². The Morgan fingerprint density at radius 3 is 2.56 bits per heavy atom. The summed E-state index contributed by atoms with van der Waals surface area (Å²) in [6.45, 7) is 5.89. The molecule has 1 aromatic heterocycles. The molecule has 1 saturated heterocycles. The van der Waals surface area contributed by atoms with Crippen molar-refractivity contribution in [3.05, 3.63) is 66.1 Å². The van der Waals surface area contributed by atoms with E-state index in [-0.39, 0.29) is 24.1 Å². The van der Waals surface area contributed by atoms with Crippen LogP contribution < -0.4 is 5.32 Å². The van der Waals surface area contributed by atoms with E-state index < -0.39 is 11.6 Å². The molecule has 3 aromatic rings. The highest BCUT2D eigenvalue weighted by atomic mass is 19.2. The van der Waals surface area contributed by atoms with Crippen LogP contribution in [0.1, 0.15) is 25.3 Å². The van der Waals surface area contributed by atoms with E-state index in [0.29, 0.717) is 18.3 Å². The maximum atomic E-state index is 13.3. The fraction of sp³-hybridized carbons (Fsp3) is 0.348. The van der Waals surface area contributed by atoms with Crippen molar-refractivity contribution in [2.45, 2.75) is 19.4 Å². The lowest BCUT2D eigenvalue weighted by molar-refractivity contribution is -0.116. The lowest BCUT2D eigenvalue weighted by Gasteiger charge is -2.36. The van der Waals surface area contributed by atoms with Crippen LogP contribution >= 0.6 is 0 Å². The summed E-state index contributed by atoms with van der Waals surface area (Å²) in [5.74, 6) is -0.982. The molecular formula is C23H25F2N5O2. The Balaban J connectivity index is 1.23. The zero-order valence-electron chi connectivity index (χ0n) is 17.8. The second-order valence-electron chi connectivity index (χ2n) is 7.80. The highest BCUT2D eigenvalue weighted by Gasteiger charge is 2.26. The second kappa shape index (κ2) is 9.97. The number of rotatable bonds is 7. The molecule has 1 fully saturated rings. The molecule has 1 atom stereocenters. The first kappa shape index (κ1) is 22.0. The first-order valence-electron chi connectivity index (χ1n) is 10.6. The number of carbonyl (C=O) groups excluding carboxylic acids is 1. The van der Waals surface area contributed by atoms with Crippen LogP contribution in [0.2, 0.25) is 0 Å². The smallest absolute Gasteiger partial charge is 0.244 e. The summed E-state index contributed by atoms with van der Waals surface area (Å²) in [7, 11) is 0. The number of piperazine rings is 1. The monoisotopic (exact) mass is 441 g/mol. The van der Waals surface area contributed by atoms with Gasteiger partial charge in [-0.1, -0.05) is 35.5 Å². The maximum absolute atomic E-state index is 13.3. The Hall–Kier alpha value is -3.17. The van der Waals surface area contributed by atoms with Gasteiger partial charge in [0.25, 0.3) is 0 Å². The van der Waals surface area contributed by atoms with Gasteiger partial charge in [0.1, 0.15) is 0 Å². The molecule has 1 amide bonds. The second-order valence-corrected chi connectivity index (χ2v) is 7.80. The topological polar surface area (TPSA) is 74.5 Å². The highest BCUT2D eigenvalue weighted by Crippen LogP contribution is 2.23. The number of benzene rings is 2. The van der Waals surface area contributed by atoms with E-state index in [9.17, 15) is 13.6 Å². The number of anilines is 1. The Morgan fingerprint density at radius 2 is 1.84 bits per heavy atom. The third-order valence-corrected chi connectivity index (χ3v) is 5.64. The largest absolute Gasteiger partial charge is 0.337 e. The molecule has 1 aliphatic rings. The third kappa shape index (κ3) is 5.35.